The van der Waals surface area contributed by atoms with E-state index in [1.807, 2.05) is 53.1 Å². The predicted molar refractivity (Wildman–Crippen MR) is 137 cm³/mol. The minimum Gasteiger partial charge on any atom is -0.497 e. The second-order valence-corrected chi connectivity index (χ2v) is 9.98. The lowest BCUT2D eigenvalue weighted by Gasteiger charge is -2.12. The third-order valence-electron chi connectivity index (χ3n) is 5.11. The summed E-state index contributed by atoms with van der Waals surface area (Å²) in [6.45, 7) is 0. The highest BCUT2D eigenvalue weighted by Crippen LogP contribution is 2.30. The highest BCUT2D eigenvalue weighted by Gasteiger charge is 2.18. The monoisotopic (exact) mass is 525 g/mol. The van der Waals surface area contributed by atoms with Gasteiger partial charge in [-0.05, 0) is 72.8 Å². The van der Waals surface area contributed by atoms with Gasteiger partial charge in [0.1, 0.15) is 11.5 Å². The first-order valence-corrected chi connectivity index (χ1v) is 13.1. The van der Waals surface area contributed by atoms with Gasteiger partial charge < -0.3 is 14.8 Å². The fourth-order valence-corrected chi connectivity index (χ4v) is 4.58. The van der Waals surface area contributed by atoms with Crippen LogP contribution in [0.4, 0.5) is 5.69 Å². The number of primary sulfonamides is 1. The summed E-state index contributed by atoms with van der Waals surface area (Å²) in [5, 5.41) is 17.1. The van der Waals surface area contributed by atoms with E-state index < -0.39 is 10.0 Å². The average molecular weight is 526 g/mol. The van der Waals surface area contributed by atoms with Gasteiger partial charge in [0.15, 0.2) is 11.0 Å². The average Bonchev–Trinajstić information content (AvgIpc) is 3.31. The standard InChI is InChI=1S/C24H23N5O5S2/c1-33-19-9-3-16(4-10-19)23-27-28-24(29(23)18-7-11-20(34-2)12-8-18)35-15-22(30)26-17-5-13-21(14-6-17)36(25,31)32/h3-14H,15H2,1-2H3,(H,26,30)(H2,25,31,32). The van der Waals surface area contributed by atoms with Gasteiger partial charge in [0.25, 0.3) is 0 Å². The van der Waals surface area contributed by atoms with Gasteiger partial charge >= 0.3 is 0 Å². The second-order valence-electron chi connectivity index (χ2n) is 7.47. The number of hydrogen-bond donors (Lipinski definition) is 2. The number of ether oxygens (including phenoxy) is 2. The Hall–Kier alpha value is -3.87. The third kappa shape index (κ3) is 5.85. The lowest BCUT2D eigenvalue weighted by molar-refractivity contribution is -0.113. The van der Waals surface area contributed by atoms with E-state index in [-0.39, 0.29) is 16.6 Å². The van der Waals surface area contributed by atoms with Gasteiger partial charge in [0.2, 0.25) is 15.9 Å². The fourth-order valence-electron chi connectivity index (χ4n) is 3.31. The quantitative estimate of drug-likeness (QED) is 0.317. The first kappa shape index (κ1) is 25.2. The van der Waals surface area contributed by atoms with Gasteiger partial charge in [0.05, 0.1) is 24.9 Å². The molecule has 0 saturated carbocycles. The molecule has 4 rings (SSSR count). The van der Waals surface area contributed by atoms with E-state index in [4.69, 9.17) is 14.6 Å². The zero-order valence-corrected chi connectivity index (χ0v) is 21.0. The fraction of sp³-hybridized carbons (Fsp3) is 0.125. The minimum atomic E-state index is -3.80. The number of nitrogens with zero attached hydrogens (tertiary/aromatic N) is 3. The molecule has 0 saturated heterocycles. The molecule has 186 valence electrons. The van der Waals surface area contributed by atoms with E-state index >= 15 is 0 Å². The second kappa shape index (κ2) is 10.8. The summed E-state index contributed by atoms with van der Waals surface area (Å²) in [6, 6.07) is 20.5. The van der Waals surface area contributed by atoms with Crippen molar-refractivity contribution in [3.8, 4) is 28.6 Å². The predicted octanol–water partition coefficient (Wildman–Crippen LogP) is 3.33. The van der Waals surface area contributed by atoms with Crippen molar-refractivity contribution in [2.75, 3.05) is 25.3 Å². The number of rotatable bonds is 9. The molecule has 0 aliphatic rings. The molecular weight excluding hydrogens is 502 g/mol. The van der Waals surface area contributed by atoms with E-state index in [2.05, 4.69) is 15.5 Å². The molecule has 1 heterocycles. The van der Waals surface area contributed by atoms with Crippen LogP contribution in [0.1, 0.15) is 0 Å². The van der Waals surface area contributed by atoms with E-state index in [1.165, 1.54) is 36.0 Å². The molecule has 4 aromatic rings. The lowest BCUT2D eigenvalue weighted by atomic mass is 10.2. The van der Waals surface area contributed by atoms with Crippen LogP contribution in [0.5, 0.6) is 11.5 Å². The number of aromatic nitrogens is 3. The third-order valence-corrected chi connectivity index (χ3v) is 6.97. The van der Waals surface area contributed by atoms with Crippen molar-refractivity contribution in [1.82, 2.24) is 14.8 Å². The molecule has 12 heteroatoms. The molecule has 36 heavy (non-hydrogen) atoms. The highest BCUT2D eigenvalue weighted by molar-refractivity contribution is 7.99. The molecule has 0 aliphatic heterocycles. The molecule has 3 N–H and O–H groups in total. The summed E-state index contributed by atoms with van der Waals surface area (Å²) >= 11 is 1.22. The highest BCUT2D eigenvalue weighted by atomic mass is 32.2. The number of thioether (sulfide) groups is 1. The molecule has 0 aliphatic carbocycles. The number of anilines is 1. The van der Waals surface area contributed by atoms with Gasteiger partial charge in [-0.3, -0.25) is 9.36 Å². The van der Waals surface area contributed by atoms with E-state index in [0.29, 0.717) is 22.4 Å². The molecule has 0 bridgehead atoms. The number of benzene rings is 3. The number of nitrogens with two attached hydrogens (primary N) is 1. The van der Waals surface area contributed by atoms with Crippen molar-refractivity contribution < 1.29 is 22.7 Å². The molecule has 1 aromatic heterocycles. The minimum absolute atomic E-state index is 0.0338. The topological polar surface area (TPSA) is 138 Å². The van der Waals surface area contributed by atoms with Crippen molar-refractivity contribution in [3.05, 3.63) is 72.8 Å². The van der Waals surface area contributed by atoms with Crippen LogP contribution < -0.4 is 19.9 Å². The number of carbonyl (C=O) groups is 1. The zero-order chi connectivity index (χ0) is 25.7. The Kier molecular flexibility index (Phi) is 7.58. The summed E-state index contributed by atoms with van der Waals surface area (Å²) < 4.78 is 35.2. The maximum Gasteiger partial charge on any atom is 0.238 e. The molecule has 0 atom stereocenters. The summed E-state index contributed by atoms with van der Waals surface area (Å²) in [7, 11) is -0.608. The first-order valence-electron chi connectivity index (χ1n) is 10.6. The van der Waals surface area contributed by atoms with Crippen LogP contribution in [0, 0.1) is 0 Å². The van der Waals surface area contributed by atoms with Crippen LogP contribution in [0.3, 0.4) is 0 Å². The van der Waals surface area contributed by atoms with Crippen molar-refractivity contribution in [2.24, 2.45) is 5.14 Å². The smallest absolute Gasteiger partial charge is 0.238 e. The Bertz CT molecular complexity index is 1450. The number of hydrogen-bond acceptors (Lipinski definition) is 8. The Balaban J connectivity index is 1.56. The molecule has 0 unspecified atom stereocenters. The summed E-state index contributed by atoms with van der Waals surface area (Å²) in [5.74, 6) is 1.79. The van der Waals surface area contributed by atoms with Gasteiger partial charge in [-0.2, -0.15) is 0 Å². The van der Waals surface area contributed by atoms with Gasteiger partial charge in [-0.1, -0.05) is 11.8 Å². The van der Waals surface area contributed by atoms with Crippen molar-refractivity contribution in [2.45, 2.75) is 10.1 Å². The Morgan fingerprint density at radius 3 is 2.06 bits per heavy atom. The molecule has 0 fully saturated rings. The summed E-state index contributed by atoms with van der Waals surface area (Å²) in [5.41, 5.74) is 2.07. The van der Waals surface area contributed by atoms with Crippen LogP contribution in [0.2, 0.25) is 0 Å². The number of nitrogens with one attached hydrogen (secondary N) is 1. The number of sulfonamides is 1. The van der Waals surface area contributed by atoms with Gasteiger partial charge in [-0.25, -0.2) is 13.6 Å². The number of carbonyl (C=O) groups excluding carboxylic acids is 1. The molecule has 1 amide bonds. The van der Waals surface area contributed by atoms with Crippen LogP contribution in [-0.2, 0) is 14.8 Å². The SMILES string of the molecule is COc1ccc(-c2nnc(SCC(=O)Nc3ccc(S(N)(=O)=O)cc3)n2-c2ccc(OC)cc2)cc1. The van der Waals surface area contributed by atoms with Crippen molar-refractivity contribution in [1.29, 1.82) is 0 Å². The molecule has 0 radical (unpaired) electrons. The Labute approximate surface area is 212 Å². The van der Waals surface area contributed by atoms with Gasteiger partial charge in [0, 0.05) is 16.9 Å². The van der Waals surface area contributed by atoms with Crippen LogP contribution in [0.15, 0.2) is 82.8 Å². The van der Waals surface area contributed by atoms with E-state index in [1.54, 1.807) is 14.2 Å². The molecule has 3 aromatic carbocycles. The normalized spacial score (nSPS) is 11.2. The first-order chi connectivity index (χ1) is 17.3. The summed E-state index contributed by atoms with van der Waals surface area (Å²) in [6.07, 6.45) is 0. The largest absolute Gasteiger partial charge is 0.497 e. The molecule has 0 spiro atoms. The van der Waals surface area contributed by atoms with Crippen molar-refractivity contribution >= 4 is 33.4 Å². The maximum atomic E-state index is 12.6. The van der Waals surface area contributed by atoms with E-state index in [0.717, 1.165) is 17.0 Å². The van der Waals surface area contributed by atoms with Gasteiger partial charge in [-0.15, -0.1) is 10.2 Å². The lowest BCUT2D eigenvalue weighted by Crippen LogP contribution is -2.15. The maximum absolute atomic E-state index is 12.6. The number of methoxy groups -OCH3 is 2. The zero-order valence-electron chi connectivity index (χ0n) is 19.4. The van der Waals surface area contributed by atoms with Crippen molar-refractivity contribution in [3.63, 3.8) is 0 Å². The number of amides is 1. The molecular formula is C24H23N5O5S2. The summed E-state index contributed by atoms with van der Waals surface area (Å²) in [4.78, 5) is 12.5. The Morgan fingerprint density at radius 2 is 1.50 bits per heavy atom. The molecule has 10 nitrogen and oxygen atoms in total. The van der Waals surface area contributed by atoms with Crippen LogP contribution in [-0.4, -0.2) is 49.1 Å². The van der Waals surface area contributed by atoms with E-state index in [9.17, 15) is 13.2 Å². The van der Waals surface area contributed by atoms with Crippen LogP contribution in [0.25, 0.3) is 17.1 Å². The van der Waals surface area contributed by atoms with Crippen LogP contribution >= 0.6 is 11.8 Å². The Morgan fingerprint density at radius 1 is 0.917 bits per heavy atom.